The van der Waals surface area contributed by atoms with Gasteiger partial charge < -0.3 is 27.0 Å². The van der Waals surface area contributed by atoms with Gasteiger partial charge >= 0.3 is 0 Å². The lowest BCUT2D eigenvalue weighted by atomic mass is 9.97. The summed E-state index contributed by atoms with van der Waals surface area (Å²) in [6.45, 7) is 2.68. The molecule has 6 N–H and O–H groups in total. The van der Waals surface area contributed by atoms with E-state index in [2.05, 4.69) is 54.5 Å². The van der Waals surface area contributed by atoms with E-state index < -0.39 is 0 Å². The lowest BCUT2D eigenvalue weighted by Gasteiger charge is -2.15. The summed E-state index contributed by atoms with van der Waals surface area (Å²) in [6, 6.07) is -0.274. The summed E-state index contributed by atoms with van der Waals surface area (Å²) in [7, 11) is 0. The highest BCUT2D eigenvalue weighted by Crippen LogP contribution is 2.25. The second-order valence-electron chi connectivity index (χ2n) is 15.7. The molecule has 1 aliphatic carbocycles. The molecular formula is C41H69N11O6S2. The van der Waals surface area contributed by atoms with Crippen LogP contribution in [0.1, 0.15) is 140 Å². The number of hydrogen-bond acceptors (Lipinski definition) is 12. The van der Waals surface area contributed by atoms with Crippen molar-refractivity contribution in [1.29, 1.82) is 0 Å². The zero-order chi connectivity index (χ0) is 43.2. The monoisotopic (exact) mass is 875 g/mol. The van der Waals surface area contributed by atoms with Gasteiger partial charge in [0.2, 0.25) is 23.6 Å². The third-order valence-corrected chi connectivity index (χ3v) is 11.8. The molecule has 1 aliphatic rings. The van der Waals surface area contributed by atoms with Crippen molar-refractivity contribution in [1.82, 2.24) is 51.3 Å². The van der Waals surface area contributed by atoms with Gasteiger partial charge in [0.1, 0.15) is 0 Å². The Kier molecular flexibility index (Phi) is 26.2. The van der Waals surface area contributed by atoms with E-state index in [1.165, 1.54) is 76.0 Å². The first kappa shape index (κ1) is 50.5. The smallest absolute Gasteiger partial charge is 0.220 e. The van der Waals surface area contributed by atoms with E-state index in [0.717, 1.165) is 5.75 Å². The minimum absolute atomic E-state index is 0.0991. The second kappa shape index (κ2) is 31.1. The number of amides is 4. The summed E-state index contributed by atoms with van der Waals surface area (Å²) in [5.41, 5.74) is 7.57. The number of rotatable bonds is 28. The zero-order valence-electron chi connectivity index (χ0n) is 35.4. The highest BCUT2D eigenvalue weighted by atomic mass is 32.2. The maximum Gasteiger partial charge on any atom is 0.220 e. The Bertz CT molecular complexity index is 1580. The van der Waals surface area contributed by atoms with Crippen LogP contribution in [0.2, 0.25) is 0 Å². The Morgan fingerprint density at radius 3 is 1.55 bits per heavy atom. The number of nitrogens with zero attached hydrogens (tertiary/aromatic N) is 6. The van der Waals surface area contributed by atoms with Crippen molar-refractivity contribution in [3.63, 3.8) is 0 Å². The van der Waals surface area contributed by atoms with Crippen molar-refractivity contribution < 1.29 is 28.8 Å². The Hall–Kier alpha value is -3.84. The second-order valence-corrected chi connectivity index (χ2v) is 17.3. The number of thiol groups is 1. The van der Waals surface area contributed by atoms with Gasteiger partial charge in [-0.05, 0) is 44.4 Å². The van der Waals surface area contributed by atoms with Crippen molar-refractivity contribution in [3.8, 4) is 0 Å². The Balaban J connectivity index is 1.14. The van der Waals surface area contributed by atoms with Crippen molar-refractivity contribution in [2.45, 2.75) is 160 Å². The van der Waals surface area contributed by atoms with Gasteiger partial charge in [0, 0.05) is 115 Å². The largest absolute Gasteiger partial charge is 0.356 e. The molecule has 2 aromatic heterocycles. The number of carbonyl (C=O) groups excluding carboxylic acids is 6. The van der Waals surface area contributed by atoms with E-state index in [9.17, 15) is 28.8 Å². The normalized spacial score (nSPS) is 14.4. The van der Waals surface area contributed by atoms with Crippen LogP contribution in [0.4, 0.5) is 0 Å². The summed E-state index contributed by atoms with van der Waals surface area (Å²) in [5, 5.41) is 27.6. The molecule has 19 heteroatoms. The van der Waals surface area contributed by atoms with E-state index in [1.54, 1.807) is 15.6 Å². The first-order valence-corrected chi connectivity index (χ1v) is 23.5. The summed E-state index contributed by atoms with van der Waals surface area (Å²) < 4.78 is 3.37. The van der Waals surface area contributed by atoms with E-state index in [0.29, 0.717) is 95.0 Å². The molecule has 3 rings (SSSR count). The minimum Gasteiger partial charge on any atom is -0.356 e. The lowest BCUT2D eigenvalue weighted by molar-refractivity contribution is -0.122. The van der Waals surface area contributed by atoms with Crippen LogP contribution in [0.25, 0.3) is 0 Å². The van der Waals surface area contributed by atoms with Crippen LogP contribution in [0.3, 0.4) is 0 Å². The molecule has 1 atom stereocenters. The topological polar surface area (TPSA) is 238 Å². The lowest BCUT2D eigenvalue weighted by Crippen LogP contribution is -2.30. The Labute approximate surface area is 364 Å². The van der Waals surface area contributed by atoms with Crippen molar-refractivity contribution in [2.24, 2.45) is 11.7 Å². The summed E-state index contributed by atoms with van der Waals surface area (Å²) in [5.74, 6) is 1.03. The maximum atomic E-state index is 12.5. The standard InChI is InChI=1S/C41H69N11O6S2/c42-33(13-17-36(53)43-23-9-27-51-29-34(47-49-51)15-19-38(55)45-25-21-40(57)59)14-18-37(54)44-24-10-28-52-30-35(48-50-52)16-20-39(56)46-26-22-41(58)60-31-32-11-7-5-3-1-2-4-6-8-12-32/h29-30,32-33H,1-28,31,42H2,(H,43,53)(H,44,54)(H,45,55)(H,46,56)(H,57,59). The van der Waals surface area contributed by atoms with Gasteiger partial charge in [-0.25, -0.2) is 0 Å². The number of nitrogens with two attached hydrogens (primary N) is 1. The fourth-order valence-electron chi connectivity index (χ4n) is 6.81. The zero-order valence-corrected chi connectivity index (χ0v) is 37.1. The first-order valence-electron chi connectivity index (χ1n) is 22.0. The number of aryl methyl sites for hydroxylation is 4. The molecule has 336 valence electrons. The van der Waals surface area contributed by atoms with E-state index in [1.807, 2.05) is 6.20 Å². The average molecular weight is 876 g/mol. The molecule has 0 saturated heterocycles. The maximum absolute atomic E-state index is 12.5. The molecule has 4 amide bonds. The van der Waals surface area contributed by atoms with Crippen molar-refractivity contribution >= 4 is 58.2 Å². The predicted octanol–water partition coefficient (Wildman–Crippen LogP) is 3.59. The van der Waals surface area contributed by atoms with Crippen molar-refractivity contribution in [3.05, 3.63) is 23.8 Å². The molecule has 1 fully saturated rings. The third-order valence-electron chi connectivity index (χ3n) is 10.4. The van der Waals surface area contributed by atoms with Crippen LogP contribution < -0.4 is 27.0 Å². The summed E-state index contributed by atoms with van der Waals surface area (Å²) >= 11 is 5.11. The van der Waals surface area contributed by atoms with Gasteiger partial charge in [0.15, 0.2) is 10.2 Å². The molecule has 60 heavy (non-hydrogen) atoms. The summed E-state index contributed by atoms with van der Waals surface area (Å²) in [4.78, 5) is 72.2. The van der Waals surface area contributed by atoms with E-state index >= 15 is 0 Å². The van der Waals surface area contributed by atoms with Gasteiger partial charge in [-0.1, -0.05) is 73.6 Å². The van der Waals surface area contributed by atoms with Crippen LogP contribution >= 0.6 is 24.4 Å². The molecule has 0 spiro atoms. The van der Waals surface area contributed by atoms with Gasteiger partial charge in [-0.15, -0.1) is 22.8 Å². The van der Waals surface area contributed by atoms with Crippen molar-refractivity contribution in [2.75, 3.05) is 31.9 Å². The third kappa shape index (κ3) is 25.1. The molecular weight excluding hydrogens is 807 g/mol. The number of thioether (sulfide) groups is 1. The van der Waals surface area contributed by atoms with Gasteiger partial charge in [-0.2, -0.15) is 0 Å². The van der Waals surface area contributed by atoms with Crippen LogP contribution in [-0.2, 0) is 54.7 Å². The molecule has 0 radical (unpaired) electrons. The fourth-order valence-corrected chi connectivity index (χ4v) is 7.92. The average Bonchev–Trinajstić information content (AvgIpc) is 3.88. The Morgan fingerprint density at radius 1 is 0.633 bits per heavy atom. The van der Waals surface area contributed by atoms with Gasteiger partial charge in [0.25, 0.3) is 0 Å². The van der Waals surface area contributed by atoms with Gasteiger partial charge in [-0.3, -0.25) is 38.1 Å². The van der Waals surface area contributed by atoms with E-state index in [-0.39, 0.29) is 78.5 Å². The van der Waals surface area contributed by atoms with E-state index in [4.69, 9.17) is 5.73 Å². The quantitative estimate of drug-likeness (QED) is 0.0532. The number of carbonyl (C=O) groups is 6. The predicted molar refractivity (Wildman–Crippen MR) is 235 cm³/mol. The molecule has 0 bridgehead atoms. The molecule has 1 saturated carbocycles. The molecule has 0 aliphatic heterocycles. The molecule has 17 nitrogen and oxygen atoms in total. The van der Waals surface area contributed by atoms with Crippen LogP contribution in [0.15, 0.2) is 12.4 Å². The Morgan fingerprint density at radius 2 is 1.07 bits per heavy atom. The molecule has 2 aromatic rings. The number of aromatic nitrogens is 6. The van der Waals surface area contributed by atoms with Gasteiger partial charge in [0.05, 0.1) is 11.4 Å². The van der Waals surface area contributed by atoms with Crippen LogP contribution in [-0.4, -0.2) is 102 Å². The minimum atomic E-state index is -0.274. The van der Waals surface area contributed by atoms with Crippen LogP contribution in [0.5, 0.6) is 0 Å². The number of hydrogen-bond donors (Lipinski definition) is 6. The fraction of sp³-hybridized carbons (Fsp3) is 0.756. The first-order chi connectivity index (χ1) is 29.0. The summed E-state index contributed by atoms with van der Waals surface area (Å²) in [6.07, 6.45) is 21.3. The highest BCUT2D eigenvalue weighted by Gasteiger charge is 2.15. The molecule has 2 heterocycles. The SMILES string of the molecule is NC(CCC(=O)NCCCn1cc(CCC(=O)NCCC(=O)S)nn1)CCC(=O)NCCCn1cc(CCC(=O)NCCC(=O)SCC2CCCCCCCCCC2)nn1. The highest BCUT2D eigenvalue weighted by molar-refractivity contribution is 8.13. The molecule has 0 aromatic carbocycles. The number of nitrogens with one attached hydrogen (secondary N) is 4. The molecule has 1 unspecified atom stereocenters. The van der Waals surface area contributed by atoms with Crippen LogP contribution in [0, 0.1) is 5.92 Å².